The van der Waals surface area contributed by atoms with E-state index in [1.807, 2.05) is 66.9 Å². The maximum absolute atomic E-state index is 4.69. The van der Waals surface area contributed by atoms with E-state index in [0.717, 1.165) is 39.2 Å². The van der Waals surface area contributed by atoms with Crippen molar-refractivity contribution in [2.75, 3.05) is 0 Å². The lowest BCUT2D eigenvalue weighted by molar-refractivity contribution is 1.23. The molecular weight excluding hydrogens is 310 g/mol. The Bertz CT molecular complexity index is 1190. The number of hydrogen-bond acceptors (Lipinski definition) is 4. The van der Waals surface area contributed by atoms with Gasteiger partial charge in [-0.1, -0.05) is 30.3 Å². The second-order valence-electron chi connectivity index (χ2n) is 5.78. The van der Waals surface area contributed by atoms with Crippen LogP contribution in [0.4, 0.5) is 0 Å². The zero-order chi connectivity index (χ0) is 16.6. The van der Waals surface area contributed by atoms with Crippen LogP contribution in [0.5, 0.6) is 0 Å². The molecule has 25 heavy (non-hydrogen) atoms. The van der Waals surface area contributed by atoms with E-state index in [-0.39, 0.29) is 0 Å². The number of fused-ring (bicyclic) bond motifs is 2. The Hall–Kier alpha value is -3.60. The summed E-state index contributed by atoms with van der Waals surface area (Å²) in [5.41, 5.74) is 5.21. The highest BCUT2D eigenvalue weighted by atomic mass is 15.0. The lowest BCUT2D eigenvalue weighted by Gasteiger charge is -1.99. The number of nitrogens with one attached hydrogen (secondary N) is 1. The molecule has 4 heterocycles. The van der Waals surface area contributed by atoms with Crippen LogP contribution in [0.25, 0.3) is 44.8 Å². The SMILES string of the molecule is c1ccc(-c2cc3nc(-c4ccc5cccnc5n4)[nH]c3cn2)cc1. The van der Waals surface area contributed by atoms with Crippen LogP contribution in [0, 0.1) is 0 Å². The predicted octanol–water partition coefficient (Wildman–Crippen LogP) is 4.24. The maximum atomic E-state index is 4.69. The predicted molar refractivity (Wildman–Crippen MR) is 97.9 cm³/mol. The van der Waals surface area contributed by atoms with Crippen molar-refractivity contribution in [3.05, 3.63) is 73.1 Å². The molecule has 5 aromatic rings. The first kappa shape index (κ1) is 13.8. The van der Waals surface area contributed by atoms with Gasteiger partial charge in [-0.05, 0) is 30.3 Å². The van der Waals surface area contributed by atoms with Gasteiger partial charge in [0.15, 0.2) is 11.5 Å². The van der Waals surface area contributed by atoms with Crippen LogP contribution < -0.4 is 0 Å². The molecule has 5 heteroatoms. The molecule has 1 N–H and O–H groups in total. The zero-order valence-corrected chi connectivity index (χ0v) is 13.2. The largest absolute Gasteiger partial charge is 0.335 e. The van der Waals surface area contributed by atoms with Crippen LogP contribution >= 0.6 is 0 Å². The molecule has 0 atom stereocenters. The molecule has 0 aliphatic heterocycles. The molecule has 0 unspecified atom stereocenters. The third kappa shape index (κ3) is 2.42. The normalized spacial score (nSPS) is 11.2. The Kier molecular flexibility index (Phi) is 3.03. The molecule has 0 bridgehead atoms. The number of rotatable bonds is 2. The van der Waals surface area contributed by atoms with Crippen LogP contribution in [0.1, 0.15) is 0 Å². The van der Waals surface area contributed by atoms with Crippen molar-refractivity contribution < 1.29 is 0 Å². The van der Waals surface area contributed by atoms with E-state index in [2.05, 4.69) is 19.9 Å². The Labute approximate surface area is 143 Å². The average Bonchev–Trinajstić information content (AvgIpc) is 3.11. The van der Waals surface area contributed by atoms with E-state index in [1.54, 1.807) is 6.20 Å². The Morgan fingerprint density at radius 1 is 0.760 bits per heavy atom. The second-order valence-corrected chi connectivity index (χ2v) is 5.78. The summed E-state index contributed by atoms with van der Waals surface area (Å²) in [6.45, 7) is 0. The number of aromatic amines is 1. The summed E-state index contributed by atoms with van der Waals surface area (Å²) in [5.74, 6) is 0.717. The molecule has 0 saturated carbocycles. The topological polar surface area (TPSA) is 67.3 Å². The van der Waals surface area contributed by atoms with Crippen LogP contribution in [-0.4, -0.2) is 24.9 Å². The van der Waals surface area contributed by atoms with Gasteiger partial charge >= 0.3 is 0 Å². The van der Waals surface area contributed by atoms with Crippen molar-refractivity contribution in [2.24, 2.45) is 0 Å². The summed E-state index contributed by atoms with van der Waals surface area (Å²) >= 11 is 0. The zero-order valence-electron chi connectivity index (χ0n) is 13.2. The summed E-state index contributed by atoms with van der Waals surface area (Å²) in [5, 5.41) is 1.01. The molecule has 0 aliphatic carbocycles. The summed E-state index contributed by atoms with van der Waals surface area (Å²) in [6.07, 6.45) is 3.56. The fourth-order valence-corrected chi connectivity index (χ4v) is 2.88. The van der Waals surface area contributed by atoms with E-state index in [0.29, 0.717) is 5.65 Å². The smallest absolute Gasteiger partial charge is 0.159 e. The van der Waals surface area contributed by atoms with Gasteiger partial charge in [0.25, 0.3) is 0 Å². The van der Waals surface area contributed by atoms with E-state index >= 15 is 0 Å². The summed E-state index contributed by atoms with van der Waals surface area (Å²) in [6, 6.07) is 19.9. The van der Waals surface area contributed by atoms with E-state index in [1.165, 1.54) is 0 Å². The lowest BCUT2D eigenvalue weighted by atomic mass is 10.1. The van der Waals surface area contributed by atoms with Crippen molar-refractivity contribution in [3.63, 3.8) is 0 Å². The van der Waals surface area contributed by atoms with Crippen LogP contribution in [0.15, 0.2) is 73.1 Å². The van der Waals surface area contributed by atoms with Gasteiger partial charge in [-0.15, -0.1) is 0 Å². The maximum Gasteiger partial charge on any atom is 0.159 e. The monoisotopic (exact) mass is 323 g/mol. The first-order valence-electron chi connectivity index (χ1n) is 8.00. The van der Waals surface area contributed by atoms with E-state index in [9.17, 15) is 0 Å². The molecule has 5 rings (SSSR count). The number of H-pyrrole nitrogens is 1. The van der Waals surface area contributed by atoms with Gasteiger partial charge in [-0.3, -0.25) is 4.98 Å². The lowest BCUT2D eigenvalue weighted by Crippen LogP contribution is -1.88. The molecule has 0 spiro atoms. The van der Waals surface area contributed by atoms with E-state index < -0.39 is 0 Å². The first-order chi connectivity index (χ1) is 12.4. The van der Waals surface area contributed by atoms with Gasteiger partial charge in [-0.25, -0.2) is 15.0 Å². The fourth-order valence-electron chi connectivity index (χ4n) is 2.88. The minimum atomic E-state index is 0.712. The molecule has 118 valence electrons. The molecule has 1 aromatic carbocycles. The van der Waals surface area contributed by atoms with Crippen molar-refractivity contribution in [1.29, 1.82) is 0 Å². The molecule has 4 aromatic heterocycles. The molecular formula is C20H13N5. The van der Waals surface area contributed by atoms with Crippen molar-refractivity contribution in [1.82, 2.24) is 24.9 Å². The highest BCUT2D eigenvalue weighted by Crippen LogP contribution is 2.24. The number of aromatic nitrogens is 5. The minimum absolute atomic E-state index is 0.712. The average molecular weight is 323 g/mol. The van der Waals surface area contributed by atoms with Crippen molar-refractivity contribution in [2.45, 2.75) is 0 Å². The number of hydrogen-bond donors (Lipinski definition) is 1. The molecule has 0 amide bonds. The van der Waals surface area contributed by atoms with Gasteiger partial charge in [0, 0.05) is 17.1 Å². The van der Waals surface area contributed by atoms with Gasteiger partial charge in [0.2, 0.25) is 0 Å². The molecule has 0 saturated heterocycles. The number of imidazole rings is 1. The quantitative estimate of drug-likeness (QED) is 0.528. The Morgan fingerprint density at radius 2 is 1.68 bits per heavy atom. The minimum Gasteiger partial charge on any atom is -0.335 e. The van der Waals surface area contributed by atoms with Gasteiger partial charge in [-0.2, -0.15) is 0 Å². The fraction of sp³-hybridized carbons (Fsp3) is 0. The van der Waals surface area contributed by atoms with Gasteiger partial charge < -0.3 is 4.98 Å². The first-order valence-corrected chi connectivity index (χ1v) is 8.00. The van der Waals surface area contributed by atoms with Crippen molar-refractivity contribution in [3.8, 4) is 22.8 Å². The standard InChI is InChI=1S/C20H13N5/c1-2-5-13(6-3-1)16-11-17-18(12-22-16)25-20(24-17)15-9-8-14-7-4-10-21-19(14)23-15/h1-12H,(H,24,25). The van der Waals surface area contributed by atoms with Crippen molar-refractivity contribution >= 4 is 22.1 Å². The molecule has 0 aliphatic rings. The number of benzene rings is 1. The van der Waals surface area contributed by atoms with E-state index in [4.69, 9.17) is 4.98 Å². The molecule has 5 nitrogen and oxygen atoms in total. The summed E-state index contributed by atoms with van der Waals surface area (Å²) in [7, 11) is 0. The third-order valence-electron chi connectivity index (χ3n) is 4.14. The molecule has 0 radical (unpaired) electrons. The number of pyridine rings is 3. The second kappa shape index (κ2) is 5.49. The highest BCUT2D eigenvalue weighted by molar-refractivity contribution is 5.83. The number of nitrogens with zero attached hydrogens (tertiary/aromatic N) is 4. The Balaban J connectivity index is 1.62. The summed E-state index contributed by atoms with van der Waals surface area (Å²) < 4.78 is 0. The highest BCUT2D eigenvalue weighted by Gasteiger charge is 2.09. The van der Waals surface area contributed by atoms with Gasteiger partial charge in [0.1, 0.15) is 5.69 Å². The van der Waals surface area contributed by atoms with Crippen LogP contribution in [-0.2, 0) is 0 Å². The summed E-state index contributed by atoms with van der Waals surface area (Å²) in [4.78, 5) is 21.4. The van der Waals surface area contributed by atoms with Gasteiger partial charge in [0.05, 0.1) is 22.9 Å². The van der Waals surface area contributed by atoms with Crippen LogP contribution in [0.3, 0.4) is 0 Å². The Morgan fingerprint density at radius 3 is 2.60 bits per heavy atom. The van der Waals surface area contributed by atoms with Crippen LogP contribution in [0.2, 0.25) is 0 Å². The molecule has 0 fully saturated rings. The third-order valence-corrected chi connectivity index (χ3v) is 4.14.